The van der Waals surface area contributed by atoms with Gasteiger partial charge in [0.15, 0.2) is 0 Å². The summed E-state index contributed by atoms with van der Waals surface area (Å²) in [7, 11) is -4.29. The number of rotatable bonds is 6. The molecule has 1 aliphatic rings. The highest BCUT2D eigenvalue weighted by Crippen LogP contribution is 2.42. The predicted octanol–water partition coefficient (Wildman–Crippen LogP) is 5.36. The van der Waals surface area contributed by atoms with E-state index in [1.807, 2.05) is 6.20 Å². The Kier molecular flexibility index (Phi) is 5.90. The maximum Gasteiger partial charge on any atom is 0.264 e. The van der Waals surface area contributed by atoms with Crippen LogP contribution in [0.25, 0.3) is 11.0 Å². The summed E-state index contributed by atoms with van der Waals surface area (Å²) in [5, 5.41) is 0.710. The van der Waals surface area contributed by atoms with Gasteiger partial charge in [-0.3, -0.25) is 4.72 Å². The van der Waals surface area contributed by atoms with Crippen molar-refractivity contribution in [2.75, 3.05) is 10.5 Å². The summed E-state index contributed by atoms with van der Waals surface area (Å²) < 4.78 is 57.7. The van der Waals surface area contributed by atoms with E-state index in [2.05, 4.69) is 19.3 Å². The summed E-state index contributed by atoms with van der Waals surface area (Å²) in [5.74, 6) is -1.68. The van der Waals surface area contributed by atoms with E-state index in [1.165, 1.54) is 18.1 Å². The first-order valence-corrected chi connectivity index (χ1v) is 13.0. The molecule has 34 heavy (non-hydrogen) atoms. The number of fused-ring (bicyclic) bond motifs is 1. The van der Waals surface area contributed by atoms with Crippen molar-refractivity contribution in [1.29, 1.82) is 0 Å². The van der Waals surface area contributed by atoms with Crippen LogP contribution in [0.2, 0.25) is 0 Å². The number of hydrogen-bond acceptors (Lipinski definition) is 6. The fraction of sp³-hybridized carbons (Fsp3) is 0.217. The molecule has 3 N–H and O–H groups in total. The molecule has 2 aromatic heterocycles. The summed E-state index contributed by atoms with van der Waals surface area (Å²) in [6, 6.07) is 9.43. The molecule has 11 heteroatoms. The molecule has 0 radical (unpaired) electrons. The molecule has 0 amide bonds. The first kappa shape index (κ1) is 22.6. The van der Waals surface area contributed by atoms with Gasteiger partial charge in [0, 0.05) is 28.1 Å². The van der Waals surface area contributed by atoms with Gasteiger partial charge in [-0.1, -0.05) is 36.7 Å². The number of nitrogens with zero attached hydrogens (tertiary/aromatic N) is 3. The van der Waals surface area contributed by atoms with E-state index >= 15 is 0 Å². The molecule has 2 heterocycles. The minimum absolute atomic E-state index is 0.258. The SMILES string of the molecule is Nc1ncnc2c1c(Sc1ccccc1NS(=O)(=O)c1ccc(F)cc1F)cn2C1CCCC1. The predicted molar refractivity (Wildman–Crippen MR) is 127 cm³/mol. The highest BCUT2D eigenvalue weighted by atomic mass is 32.2. The van der Waals surface area contributed by atoms with Crippen LogP contribution in [-0.4, -0.2) is 23.0 Å². The van der Waals surface area contributed by atoms with Crippen LogP contribution >= 0.6 is 11.8 Å². The third-order valence-electron chi connectivity index (χ3n) is 5.86. The Hall–Kier alpha value is -3.18. The van der Waals surface area contributed by atoms with Gasteiger partial charge in [0.1, 0.15) is 34.3 Å². The van der Waals surface area contributed by atoms with Crippen LogP contribution in [0.15, 0.2) is 69.7 Å². The van der Waals surface area contributed by atoms with E-state index in [4.69, 9.17) is 5.73 Å². The molecule has 0 aliphatic heterocycles. The summed E-state index contributed by atoms with van der Waals surface area (Å²) in [4.78, 5) is 9.35. The number of anilines is 2. The van der Waals surface area contributed by atoms with Gasteiger partial charge in [-0.15, -0.1) is 0 Å². The van der Waals surface area contributed by atoms with Gasteiger partial charge < -0.3 is 10.3 Å². The first-order valence-electron chi connectivity index (χ1n) is 10.7. The molecule has 0 saturated heterocycles. The number of nitrogen functional groups attached to an aromatic ring is 1. The van der Waals surface area contributed by atoms with E-state index in [1.54, 1.807) is 24.3 Å². The Morgan fingerprint density at radius 2 is 1.82 bits per heavy atom. The highest BCUT2D eigenvalue weighted by molar-refractivity contribution is 8.00. The van der Waals surface area contributed by atoms with Crippen LogP contribution < -0.4 is 10.5 Å². The molecule has 176 valence electrons. The Morgan fingerprint density at radius 1 is 1.06 bits per heavy atom. The Balaban J connectivity index is 1.53. The molecule has 1 aliphatic carbocycles. The number of hydrogen-bond donors (Lipinski definition) is 2. The Bertz CT molecular complexity index is 1480. The average Bonchev–Trinajstić information content (AvgIpc) is 3.43. The normalized spacial score (nSPS) is 14.6. The van der Waals surface area contributed by atoms with Crippen molar-refractivity contribution in [3.63, 3.8) is 0 Å². The monoisotopic (exact) mass is 501 g/mol. The maximum absolute atomic E-state index is 14.2. The number of para-hydroxylation sites is 1. The third-order valence-corrected chi connectivity index (χ3v) is 8.36. The average molecular weight is 502 g/mol. The van der Waals surface area contributed by atoms with Crippen molar-refractivity contribution in [3.05, 3.63) is 66.6 Å². The van der Waals surface area contributed by atoms with Crippen LogP contribution in [0.5, 0.6) is 0 Å². The molecule has 1 fully saturated rings. The second-order valence-corrected chi connectivity index (χ2v) is 10.8. The number of benzene rings is 2. The number of sulfonamides is 1. The van der Waals surface area contributed by atoms with Crippen LogP contribution in [0.3, 0.4) is 0 Å². The lowest BCUT2D eigenvalue weighted by Gasteiger charge is -2.13. The van der Waals surface area contributed by atoms with Crippen LogP contribution in [-0.2, 0) is 10.0 Å². The summed E-state index contributed by atoms with van der Waals surface area (Å²) in [6.07, 6.45) is 7.84. The number of aromatic nitrogens is 3. The van der Waals surface area contributed by atoms with Crippen LogP contribution in [0.1, 0.15) is 31.7 Å². The summed E-state index contributed by atoms with van der Waals surface area (Å²) in [5.41, 5.74) is 7.21. The molecule has 1 saturated carbocycles. The number of nitrogens with one attached hydrogen (secondary N) is 1. The third kappa shape index (κ3) is 4.21. The van der Waals surface area contributed by atoms with E-state index in [-0.39, 0.29) is 5.69 Å². The molecule has 7 nitrogen and oxygen atoms in total. The zero-order valence-corrected chi connectivity index (χ0v) is 19.5. The van der Waals surface area contributed by atoms with Crippen molar-refractivity contribution in [2.45, 2.75) is 46.4 Å². The molecule has 0 unspecified atom stereocenters. The highest BCUT2D eigenvalue weighted by Gasteiger charge is 2.24. The van der Waals surface area contributed by atoms with Gasteiger partial charge in [0.05, 0.1) is 11.1 Å². The minimum atomic E-state index is -4.29. The van der Waals surface area contributed by atoms with Gasteiger partial charge in [0.2, 0.25) is 0 Å². The van der Waals surface area contributed by atoms with Gasteiger partial charge in [0.25, 0.3) is 10.0 Å². The summed E-state index contributed by atoms with van der Waals surface area (Å²) >= 11 is 1.32. The number of halogens is 2. The molecule has 0 bridgehead atoms. The second-order valence-electron chi connectivity index (χ2n) is 8.07. The van der Waals surface area contributed by atoms with Gasteiger partial charge >= 0.3 is 0 Å². The molecular formula is C23H21F2N5O2S2. The van der Waals surface area contributed by atoms with Gasteiger partial charge in [-0.25, -0.2) is 27.2 Å². The van der Waals surface area contributed by atoms with Crippen molar-refractivity contribution >= 4 is 44.3 Å². The maximum atomic E-state index is 14.2. The smallest absolute Gasteiger partial charge is 0.264 e. The van der Waals surface area contributed by atoms with Crippen LogP contribution in [0, 0.1) is 11.6 Å². The minimum Gasteiger partial charge on any atom is -0.383 e. The van der Waals surface area contributed by atoms with Crippen molar-refractivity contribution < 1.29 is 17.2 Å². The van der Waals surface area contributed by atoms with E-state index in [0.717, 1.165) is 48.4 Å². The zero-order chi connectivity index (χ0) is 23.9. The molecule has 4 aromatic rings. The van der Waals surface area contributed by atoms with E-state index < -0.39 is 26.6 Å². The largest absolute Gasteiger partial charge is 0.383 e. The molecule has 5 rings (SSSR count). The summed E-state index contributed by atoms with van der Waals surface area (Å²) in [6.45, 7) is 0. The quantitative estimate of drug-likeness (QED) is 0.369. The standard InChI is InChI=1S/C23H21F2N5O2S2/c24-14-9-10-20(16(25)11-14)34(31,32)29-17-7-3-4-8-18(17)33-19-12-30(15-5-1-2-6-15)23-21(19)22(26)27-13-28-23/h3-4,7-13,15,29H,1-2,5-6H2,(H2,26,27,28). The lowest BCUT2D eigenvalue weighted by Crippen LogP contribution is -2.15. The first-order chi connectivity index (χ1) is 16.3. The molecule has 0 atom stereocenters. The van der Waals surface area contributed by atoms with Gasteiger partial charge in [-0.05, 0) is 37.1 Å². The van der Waals surface area contributed by atoms with Crippen molar-refractivity contribution in [1.82, 2.24) is 14.5 Å². The lowest BCUT2D eigenvalue weighted by atomic mass is 10.2. The van der Waals surface area contributed by atoms with Crippen molar-refractivity contribution in [3.8, 4) is 0 Å². The van der Waals surface area contributed by atoms with Crippen molar-refractivity contribution in [2.24, 2.45) is 0 Å². The van der Waals surface area contributed by atoms with Gasteiger partial charge in [-0.2, -0.15) is 0 Å². The number of nitrogens with two attached hydrogens (primary N) is 1. The molecule has 0 spiro atoms. The Morgan fingerprint density at radius 3 is 2.59 bits per heavy atom. The van der Waals surface area contributed by atoms with E-state index in [9.17, 15) is 17.2 Å². The van der Waals surface area contributed by atoms with E-state index in [0.29, 0.717) is 28.2 Å². The zero-order valence-electron chi connectivity index (χ0n) is 17.9. The molecule has 2 aromatic carbocycles. The Labute approximate surface area is 199 Å². The fourth-order valence-corrected chi connectivity index (χ4v) is 6.54. The lowest BCUT2D eigenvalue weighted by molar-refractivity contribution is 0.530. The van der Waals surface area contributed by atoms with Crippen LogP contribution in [0.4, 0.5) is 20.3 Å². The molecular weight excluding hydrogens is 480 g/mol. The second kappa shape index (κ2) is 8.88. The fourth-order valence-electron chi connectivity index (χ4n) is 4.26. The topological polar surface area (TPSA) is 103 Å².